The number of ketones is 1. The number of methoxy groups -OCH3 is 1. The number of anilines is 1. The van der Waals surface area contributed by atoms with Crippen LogP contribution in [0.3, 0.4) is 0 Å². The molecule has 176 valence electrons. The van der Waals surface area contributed by atoms with Crippen LogP contribution in [0.4, 0.5) is 5.13 Å². The van der Waals surface area contributed by atoms with Crippen molar-refractivity contribution in [2.75, 3.05) is 12.4 Å². The molecule has 1 unspecified atom stereocenters. The number of nitrogens with zero attached hydrogens (tertiary/aromatic N) is 4. The number of aromatic nitrogens is 4. The highest BCUT2D eigenvalue weighted by Gasteiger charge is 2.33. The molecule has 4 aromatic heterocycles. The maximum Gasteiger partial charge on any atom is 0.259 e. The van der Waals surface area contributed by atoms with Gasteiger partial charge >= 0.3 is 0 Å². The van der Waals surface area contributed by atoms with Crippen LogP contribution in [-0.2, 0) is 6.54 Å². The van der Waals surface area contributed by atoms with E-state index in [1.165, 1.54) is 17.5 Å². The van der Waals surface area contributed by atoms with E-state index in [0.717, 1.165) is 21.8 Å². The number of Topliss-reactive ketones (excluding diaryl/α,β-unsaturated/α-hetero) is 1. The molecule has 0 aromatic carbocycles. The van der Waals surface area contributed by atoms with Gasteiger partial charge in [-0.25, -0.2) is 4.98 Å². The predicted molar refractivity (Wildman–Crippen MR) is 132 cm³/mol. The van der Waals surface area contributed by atoms with Crippen LogP contribution in [0.5, 0.6) is 5.75 Å². The fourth-order valence-corrected chi connectivity index (χ4v) is 4.95. The van der Waals surface area contributed by atoms with Gasteiger partial charge in [-0.3, -0.25) is 35.2 Å². The third-order valence-electron chi connectivity index (χ3n) is 5.70. The minimum Gasteiger partial charge on any atom is -0.494 e. The van der Waals surface area contributed by atoms with Crippen molar-refractivity contribution in [3.05, 3.63) is 82.1 Å². The Hall–Kier alpha value is -4.02. The number of carbonyl (C=O) groups excluding carboxylic acids is 2. The Morgan fingerprint density at radius 2 is 1.89 bits per heavy atom. The molecular formula is C25H22N6O3S. The largest absolute Gasteiger partial charge is 0.494 e. The molecule has 0 fully saturated rings. The minimum absolute atomic E-state index is 0.106. The molecule has 2 N–H and O–H groups in total. The summed E-state index contributed by atoms with van der Waals surface area (Å²) in [5.74, 6) is 0.107. The number of aryl methyl sites for hydroxylation is 2. The van der Waals surface area contributed by atoms with Crippen LogP contribution in [0.2, 0.25) is 0 Å². The van der Waals surface area contributed by atoms with Crippen molar-refractivity contribution in [3.8, 4) is 16.9 Å². The first-order valence-corrected chi connectivity index (χ1v) is 11.7. The van der Waals surface area contributed by atoms with Gasteiger partial charge < -0.3 is 4.74 Å². The molecule has 1 aliphatic heterocycles. The third kappa shape index (κ3) is 4.41. The van der Waals surface area contributed by atoms with Gasteiger partial charge in [-0.15, -0.1) is 0 Å². The Balaban J connectivity index is 1.44. The van der Waals surface area contributed by atoms with Crippen molar-refractivity contribution in [2.24, 2.45) is 0 Å². The summed E-state index contributed by atoms with van der Waals surface area (Å²) in [6.07, 6.45) is 6.35. The van der Waals surface area contributed by atoms with Gasteiger partial charge in [0.2, 0.25) is 0 Å². The summed E-state index contributed by atoms with van der Waals surface area (Å²) in [6, 6.07) is 6.60. The van der Waals surface area contributed by atoms with Crippen molar-refractivity contribution < 1.29 is 14.3 Å². The van der Waals surface area contributed by atoms with E-state index in [1.54, 1.807) is 37.8 Å². The second-order valence-corrected chi connectivity index (χ2v) is 9.18. The molecule has 9 nitrogen and oxygen atoms in total. The van der Waals surface area contributed by atoms with Crippen LogP contribution in [0.1, 0.15) is 48.7 Å². The number of nitrogens with one attached hydrogen (secondary N) is 2. The Kier molecular flexibility index (Phi) is 6.06. The average Bonchev–Trinajstić information content (AvgIpc) is 3.44. The lowest BCUT2D eigenvalue weighted by molar-refractivity contribution is 0.0946. The van der Waals surface area contributed by atoms with E-state index in [2.05, 4.69) is 30.6 Å². The number of hydrogen-bond acceptors (Lipinski definition) is 9. The molecule has 4 aromatic rings. The molecule has 1 atom stereocenters. The number of thiazole rings is 1. The molecule has 1 amide bonds. The number of fused-ring (bicyclic) bond motifs is 1. The summed E-state index contributed by atoms with van der Waals surface area (Å²) in [6.45, 7) is 4.25. The molecular weight excluding hydrogens is 464 g/mol. The molecule has 0 aliphatic carbocycles. The molecule has 0 saturated carbocycles. The zero-order chi connectivity index (χ0) is 24.5. The van der Waals surface area contributed by atoms with Crippen LogP contribution in [0.15, 0.2) is 49.1 Å². The average molecular weight is 487 g/mol. The van der Waals surface area contributed by atoms with Crippen LogP contribution in [0.25, 0.3) is 11.1 Å². The lowest BCUT2D eigenvalue weighted by atomic mass is 9.99. The van der Waals surface area contributed by atoms with Crippen LogP contribution < -0.4 is 15.4 Å². The standard InChI is InChI=1S/C25H22N6O3S/c1-13-7-16(17-8-14(2)28-11-19(17)34-3)18(10-27-13)24(33)31-25-30-21-20(35-25)12-29-22(21)23(32)15-5-4-6-26-9-15/h4-11,22,29H,12H2,1-3H3,(H,30,31,33). The van der Waals surface area contributed by atoms with E-state index >= 15 is 0 Å². The second-order valence-electron chi connectivity index (χ2n) is 8.10. The number of rotatable bonds is 6. The van der Waals surface area contributed by atoms with Crippen molar-refractivity contribution in [3.63, 3.8) is 0 Å². The van der Waals surface area contributed by atoms with Gasteiger partial charge in [0.05, 0.1) is 24.6 Å². The van der Waals surface area contributed by atoms with Gasteiger partial charge in [0.15, 0.2) is 10.9 Å². The first kappa shape index (κ1) is 22.8. The molecule has 0 bridgehead atoms. The highest BCUT2D eigenvalue weighted by molar-refractivity contribution is 7.16. The number of carbonyl (C=O) groups is 2. The smallest absolute Gasteiger partial charge is 0.259 e. The molecule has 35 heavy (non-hydrogen) atoms. The van der Waals surface area contributed by atoms with Crippen molar-refractivity contribution >= 4 is 28.2 Å². The molecule has 5 rings (SSSR count). The summed E-state index contributed by atoms with van der Waals surface area (Å²) < 4.78 is 5.49. The summed E-state index contributed by atoms with van der Waals surface area (Å²) in [5, 5.41) is 6.51. The molecule has 5 heterocycles. The number of hydrogen-bond donors (Lipinski definition) is 2. The van der Waals surface area contributed by atoms with Crippen molar-refractivity contribution in [2.45, 2.75) is 26.4 Å². The Morgan fingerprint density at radius 3 is 2.63 bits per heavy atom. The zero-order valence-electron chi connectivity index (χ0n) is 19.3. The second kappa shape index (κ2) is 9.32. The van der Waals surface area contributed by atoms with Gasteiger partial charge in [-0.2, -0.15) is 0 Å². The normalized spacial score (nSPS) is 14.4. The van der Waals surface area contributed by atoms with E-state index in [0.29, 0.717) is 39.8 Å². The van der Waals surface area contributed by atoms with Crippen LogP contribution >= 0.6 is 11.3 Å². The van der Waals surface area contributed by atoms with Gasteiger partial charge in [-0.1, -0.05) is 11.3 Å². The number of amides is 1. The van der Waals surface area contributed by atoms with Crippen molar-refractivity contribution in [1.82, 2.24) is 25.3 Å². The van der Waals surface area contributed by atoms with E-state index in [4.69, 9.17) is 4.74 Å². The fraction of sp³-hybridized carbons (Fsp3) is 0.200. The molecule has 10 heteroatoms. The highest BCUT2D eigenvalue weighted by Crippen LogP contribution is 2.36. The van der Waals surface area contributed by atoms with E-state index < -0.39 is 6.04 Å². The first-order chi connectivity index (χ1) is 16.9. The van der Waals surface area contributed by atoms with Crippen molar-refractivity contribution in [1.29, 1.82) is 0 Å². The Bertz CT molecular complexity index is 1440. The molecule has 0 saturated heterocycles. The maximum atomic E-state index is 13.3. The topological polar surface area (TPSA) is 119 Å². The van der Waals surface area contributed by atoms with E-state index in [9.17, 15) is 9.59 Å². The highest BCUT2D eigenvalue weighted by atomic mass is 32.1. The monoisotopic (exact) mass is 486 g/mol. The maximum absolute atomic E-state index is 13.3. The van der Waals surface area contributed by atoms with Gasteiger partial charge in [0.25, 0.3) is 5.91 Å². The molecule has 0 spiro atoms. The third-order valence-corrected chi connectivity index (χ3v) is 6.68. The summed E-state index contributed by atoms with van der Waals surface area (Å²) in [4.78, 5) is 44.4. The minimum atomic E-state index is -0.572. The SMILES string of the molecule is COc1cnc(C)cc1-c1cc(C)ncc1C(=O)Nc1nc2c(s1)CNC2C(=O)c1cccnc1. The van der Waals surface area contributed by atoms with E-state index in [-0.39, 0.29) is 11.7 Å². The van der Waals surface area contributed by atoms with Crippen LogP contribution in [-0.4, -0.2) is 38.7 Å². The van der Waals surface area contributed by atoms with Gasteiger partial charge in [0, 0.05) is 58.1 Å². The predicted octanol–water partition coefficient (Wildman–Crippen LogP) is 3.90. The van der Waals surface area contributed by atoms with Gasteiger partial charge in [0.1, 0.15) is 11.8 Å². The Morgan fingerprint density at radius 1 is 1.11 bits per heavy atom. The number of ether oxygens (including phenoxy) is 1. The quantitative estimate of drug-likeness (QED) is 0.394. The number of pyridine rings is 3. The molecule has 1 aliphatic rings. The van der Waals surface area contributed by atoms with Gasteiger partial charge in [-0.05, 0) is 38.1 Å². The summed E-state index contributed by atoms with van der Waals surface area (Å²) >= 11 is 1.35. The lowest BCUT2D eigenvalue weighted by Crippen LogP contribution is -2.23. The fourth-order valence-electron chi connectivity index (χ4n) is 4.00. The van der Waals surface area contributed by atoms with E-state index in [1.807, 2.05) is 26.0 Å². The lowest BCUT2D eigenvalue weighted by Gasteiger charge is -2.14. The van der Waals surface area contributed by atoms with Crippen LogP contribution in [0, 0.1) is 13.8 Å². The first-order valence-electron chi connectivity index (χ1n) is 10.9. The zero-order valence-corrected chi connectivity index (χ0v) is 20.1. The summed E-state index contributed by atoms with van der Waals surface area (Å²) in [5.41, 5.74) is 4.53. The summed E-state index contributed by atoms with van der Waals surface area (Å²) in [7, 11) is 1.57. The molecule has 0 radical (unpaired) electrons. The Labute approximate surface area is 205 Å².